The van der Waals surface area contributed by atoms with Crippen molar-refractivity contribution in [2.75, 3.05) is 26.3 Å². The lowest BCUT2D eigenvalue weighted by Gasteiger charge is -2.37. The van der Waals surface area contributed by atoms with Gasteiger partial charge in [-0.15, -0.1) is 0 Å². The van der Waals surface area contributed by atoms with Gasteiger partial charge in [0.05, 0.1) is 13.2 Å². The average Bonchev–Trinajstić information content (AvgIpc) is 1.91. The molecule has 1 heterocycles. The zero-order chi connectivity index (χ0) is 9.19. The van der Waals surface area contributed by atoms with E-state index in [-0.39, 0.29) is 0 Å². The molecule has 1 atom stereocenters. The van der Waals surface area contributed by atoms with Gasteiger partial charge in [-0.2, -0.15) is 0 Å². The summed E-state index contributed by atoms with van der Waals surface area (Å²) in [5.74, 6) is 0. The fourth-order valence-electron chi connectivity index (χ4n) is 1.61. The number of hydrogen-bond acceptors (Lipinski definition) is 2. The van der Waals surface area contributed by atoms with Crippen molar-refractivity contribution < 1.29 is 4.74 Å². The topological polar surface area (TPSA) is 12.5 Å². The molecule has 0 spiro atoms. The van der Waals surface area contributed by atoms with E-state index in [9.17, 15) is 0 Å². The zero-order valence-corrected chi connectivity index (χ0v) is 8.76. The summed E-state index contributed by atoms with van der Waals surface area (Å²) < 4.78 is 5.38. The molecule has 0 amide bonds. The Labute approximate surface area is 75.9 Å². The lowest BCUT2D eigenvalue weighted by atomic mass is 9.95. The Morgan fingerprint density at radius 3 is 2.58 bits per heavy atom. The normalized spacial score (nSPS) is 27.5. The van der Waals surface area contributed by atoms with Crippen LogP contribution in [0.25, 0.3) is 0 Å². The summed E-state index contributed by atoms with van der Waals surface area (Å²) >= 11 is 0. The minimum absolute atomic E-state index is 0.408. The van der Waals surface area contributed by atoms with Crippen LogP contribution in [0.4, 0.5) is 0 Å². The highest BCUT2D eigenvalue weighted by Gasteiger charge is 2.23. The van der Waals surface area contributed by atoms with Gasteiger partial charge in [0.2, 0.25) is 0 Å². The number of morpholine rings is 1. The molecule has 1 aliphatic rings. The van der Waals surface area contributed by atoms with Crippen molar-refractivity contribution in [1.29, 1.82) is 0 Å². The molecule has 0 radical (unpaired) electrons. The van der Waals surface area contributed by atoms with E-state index in [2.05, 4.69) is 32.6 Å². The number of rotatable bonds is 1. The molecule has 0 aromatic heterocycles. The maximum absolute atomic E-state index is 5.38. The van der Waals surface area contributed by atoms with Gasteiger partial charge in [0.15, 0.2) is 0 Å². The third kappa shape index (κ3) is 3.11. The molecule has 12 heavy (non-hydrogen) atoms. The number of nitrogens with zero attached hydrogens (tertiary/aromatic N) is 1. The third-order valence-corrected chi connectivity index (χ3v) is 2.18. The fraction of sp³-hybridized carbons (Fsp3) is 1.00. The smallest absolute Gasteiger partial charge is 0.0619 e. The van der Waals surface area contributed by atoms with Gasteiger partial charge in [-0.3, -0.25) is 4.90 Å². The number of hydrogen-bond donors (Lipinski definition) is 0. The first-order valence-corrected chi connectivity index (χ1v) is 4.81. The van der Waals surface area contributed by atoms with E-state index >= 15 is 0 Å². The monoisotopic (exact) mass is 171 g/mol. The van der Waals surface area contributed by atoms with Gasteiger partial charge in [0, 0.05) is 19.1 Å². The van der Waals surface area contributed by atoms with Gasteiger partial charge >= 0.3 is 0 Å². The molecular weight excluding hydrogens is 150 g/mol. The molecular formula is C10H21NO. The summed E-state index contributed by atoms with van der Waals surface area (Å²) in [6, 6.07) is 0.595. The fourth-order valence-corrected chi connectivity index (χ4v) is 1.61. The summed E-state index contributed by atoms with van der Waals surface area (Å²) in [5, 5.41) is 0. The van der Waals surface area contributed by atoms with Crippen LogP contribution >= 0.6 is 0 Å². The summed E-state index contributed by atoms with van der Waals surface area (Å²) in [6.07, 6.45) is 0. The molecule has 2 nitrogen and oxygen atoms in total. The largest absolute Gasteiger partial charge is 0.379 e. The van der Waals surface area contributed by atoms with Crippen molar-refractivity contribution in [3.63, 3.8) is 0 Å². The van der Waals surface area contributed by atoms with E-state index in [0.29, 0.717) is 11.5 Å². The van der Waals surface area contributed by atoms with Gasteiger partial charge in [-0.1, -0.05) is 20.8 Å². The van der Waals surface area contributed by atoms with Crippen molar-refractivity contribution in [2.45, 2.75) is 33.7 Å². The molecule has 0 aromatic carbocycles. The molecule has 0 aromatic rings. The second-order valence-electron chi connectivity index (χ2n) is 4.96. The predicted molar refractivity (Wildman–Crippen MR) is 51.3 cm³/mol. The summed E-state index contributed by atoms with van der Waals surface area (Å²) in [4.78, 5) is 2.52. The minimum Gasteiger partial charge on any atom is -0.379 e. The van der Waals surface area contributed by atoms with Gasteiger partial charge in [0.1, 0.15) is 0 Å². The lowest BCUT2D eigenvalue weighted by Crippen LogP contribution is -2.47. The molecule has 0 unspecified atom stereocenters. The highest BCUT2D eigenvalue weighted by molar-refractivity contribution is 4.76. The Balaban J connectivity index is 2.39. The quantitative estimate of drug-likeness (QED) is 0.596. The molecule has 2 heteroatoms. The molecule has 1 saturated heterocycles. The maximum Gasteiger partial charge on any atom is 0.0619 e. The zero-order valence-electron chi connectivity index (χ0n) is 8.76. The Hall–Kier alpha value is -0.0800. The minimum atomic E-state index is 0.408. The standard InChI is InChI=1S/C10H21NO/c1-9-7-12-6-5-11(9)8-10(2,3)4/h9H,5-8H2,1-4H3/t9-/m1/s1. The summed E-state index contributed by atoms with van der Waals surface area (Å²) in [7, 11) is 0. The van der Waals surface area contributed by atoms with Crippen molar-refractivity contribution >= 4 is 0 Å². The van der Waals surface area contributed by atoms with E-state index in [1.54, 1.807) is 0 Å². The lowest BCUT2D eigenvalue weighted by molar-refractivity contribution is -0.0138. The second-order valence-corrected chi connectivity index (χ2v) is 4.96. The SMILES string of the molecule is C[C@@H]1COCCN1CC(C)(C)C. The average molecular weight is 171 g/mol. The highest BCUT2D eigenvalue weighted by Crippen LogP contribution is 2.18. The van der Waals surface area contributed by atoms with Crippen molar-refractivity contribution in [2.24, 2.45) is 5.41 Å². The van der Waals surface area contributed by atoms with Crippen LogP contribution in [0, 0.1) is 5.41 Å². The highest BCUT2D eigenvalue weighted by atomic mass is 16.5. The molecule has 72 valence electrons. The van der Waals surface area contributed by atoms with Gasteiger partial charge < -0.3 is 4.74 Å². The van der Waals surface area contributed by atoms with Crippen LogP contribution in [0.5, 0.6) is 0 Å². The first-order valence-electron chi connectivity index (χ1n) is 4.81. The molecule has 1 fully saturated rings. The Bertz CT molecular complexity index is 139. The van der Waals surface area contributed by atoms with Crippen molar-refractivity contribution in [3.05, 3.63) is 0 Å². The van der Waals surface area contributed by atoms with Crippen molar-refractivity contribution in [3.8, 4) is 0 Å². The first-order chi connectivity index (χ1) is 5.49. The molecule has 1 rings (SSSR count). The molecule has 0 N–H and O–H groups in total. The van der Waals surface area contributed by atoms with Gasteiger partial charge in [-0.25, -0.2) is 0 Å². The van der Waals surface area contributed by atoms with Gasteiger partial charge in [-0.05, 0) is 12.3 Å². The number of ether oxygens (including phenoxy) is 1. The van der Waals surface area contributed by atoms with Crippen LogP contribution in [0.15, 0.2) is 0 Å². The van der Waals surface area contributed by atoms with Crippen LogP contribution in [-0.4, -0.2) is 37.2 Å². The van der Waals surface area contributed by atoms with Crippen LogP contribution < -0.4 is 0 Å². The Kier molecular flexibility index (Phi) is 3.13. The molecule has 1 aliphatic heterocycles. The summed E-state index contributed by atoms with van der Waals surface area (Å²) in [5.41, 5.74) is 0.408. The van der Waals surface area contributed by atoms with Crippen LogP contribution in [0.2, 0.25) is 0 Å². The van der Waals surface area contributed by atoms with E-state index in [0.717, 1.165) is 19.8 Å². The molecule has 0 bridgehead atoms. The van der Waals surface area contributed by atoms with Crippen molar-refractivity contribution in [1.82, 2.24) is 4.90 Å². The third-order valence-electron chi connectivity index (χ3n) is 2.18. The van der Waals surface area contributed by atoms with Gasteiger partial charge in [0.25, 0.3) is 0 Å². The molecule has 0 aliphatic carbocycles. The summed E-state index contributed by atoms with van der Waals surface area (Å²) in [6.45, 7) is 13.2. The van der Waals surface area contributed by atoms with E-state index in [4.69, 9.17) is 4.74 Å². The Morgan fingerprint density at radius 2 is 2.08 bits per heavy atom. The Morgan fingerprint density at radius 1 is 1.42 bits per heavy atom. The second kappa shape index (κ2) is 3.75. The van der Waals surface area contributed by atoms with Crippen LogP contribution in [0.1, 0.15) is 27.7 Å². The maximum atomic E-state index is 5.38. The predicted octanol–water partition coefficient (Wildman–Crippen LogP) is 1.75. The van der Waals surface area contributed by atoms with Crippen LogP contribution in [0.3, 0.4) is 0 Å². The van der Waals surface area contributed by atoms with E-state index in [1.807, 2.05) is 0 Å². The van der Waals surface area contributed by atoms with Crippen LogP contribution in [-0.2, 0) is 4.74 Å². The molecule has 0 saturated carbocycles. The van der Waals surface area contributed by atoms with E-state index in [1.165, 1.54) is 6.54 Å². The first kappa shape index (κ1) is 10.0. The van der Waals surface area contributed by atoms with E-state index < -0.39 is 0 Å².